The second-order valence-electron chi connectivity index (χ2n) is 4.61. The SMILES string of the molecule is CCCCN(C)CC(C)(C=O)CCC. The number of nitrogens with zero attached hydrogens (tertiary/aromatic N) is 1. The first-order valence-corrected chi connectivity index (χ1v) is 5.73. The van der Waals surface area contributed by atoms with E-state index < -0.39 is 0 Å². The number of aldehydes is 1. The van der Waals surface area contributed by atoms with Crippen LogP contribution < -0.4 is 0 Å². The summed E-state index contributed by atoms with van der Waals surface area (Å²) in [7, 11) is 2.10. The van der Waals surface area contributed by atoms with Gasteiger partial charge in [-0.1, -0.05) is 33.6 Å². The van der Waals surface area contributed by atoms with Gasteiger partial charge in [-0.2, -0.15) is 0 Å². The fraction of sp³-hybridized carbons (Fsp3) is 0.917. The predicted octanol–water partition coefficient (Wildman–Crippen LogP) is 2.72. The lowest BCUT2D eigenvalue weighted by Crippen LogP contribution is -2.35. The molecule has 0 rings (SSSR count). The van der Waals surface area contributed by atoms with Gasteiger partial charge in [0.2, 0.25) is 0 Å². The van der Waals surface area contributed by atoms with Crippen LogP contribution in [0.3, 0.4) is 0 Å². The molecule has 0 saturated heterocycles. The summed E-state index contributed by atoms with van der Waals surface area (Å²) < 4.78 is 0. The third-order valence-electron chi connectivity index (χ3n) is 2.63. The van der Waals surface area contributed by atoms with Gasteiger partial charge in [-0.15, -0.1) is 0 Å². The van der Waals surface area contributed by atoms with E-state index in [2.05, 4.69) is 32.7 Å². The molecular weight excluding hydrogens is 174 g/mol. The molecule has 0 aromatic rings. The van der Waals surface area contributed by atoms with Crippen molar-refractivity contribution in [3.05, 3.63) is 0 Å². The Balaban J connectivity index is 3.96. The Bertz CT molecular complexity index is 158. The van der Waals surface area contributed by atoms with Gasteiger partial charge in [-0.3, -0.25) is 0 Å². The Morgan fingerprint density at radius 2 is 1.93 bits per heavy atom. The van der Waals surface area contributed by atoms with Crippen LogP contribution in [0.4, 0.5) is 0 Å². The molecule has 0 radical (unpaired) electrons. The highest BCUT2D eigenvalue weighted by atomic mass is 16.1. The van der Waals surface area contributed by atoms with E-state index in [4.69, 9.17) is 0 Å². The van der Waals surface area contributed by atoms with Gasteiger partial charge in [0.1, 0.15) is 6.29 Å². The smallest absolute Gasteiger partial charge is 0.127 e. The fourth-order valence-electron chi connectivity index (χ4n) is 1.87. The van der Waals surface area contributed by atoms with Gasteiger partial charge < -0.3 is 9.69 Å². The van der Waals surface area contributed by atoms with E-state index in [0.717, 1.165) is 32.2 Å². The zero-order chi connectivity index (χ0) is 11.0. The second-order valence-corrected chi connectivity index (χ2v) is 4.61. The monoisotopic (exact) mass is 199 g/mol. The zero-order valence-corrected chi connectivity index (χ0v) is 10.2. The van der Waals surface area contributed by atoms with Crippen LogP contribution >= 0.6 is 0 Å². The first kappa shape index (κ1) is 13.6. The maximum atomic E-state index is 11.0. The Labute approximate surface area is 88.7 Å². The summed E-state index contributed by atoms with van der Waals surface area (Å²) in [5, 5.41) is 0. The molecule has 1 unspecified atom stereocenters. The summed E-state index contributed by atoms with van der Waals surface area (Å²) in [5.41, 5.74) is -0.142. The van der Waals surface area contributed by atoms with E-state index in [0.29, 0.717) is 0 Å². The van der Waals surface area contributed by atoms with E-state index in [1.54, 1.807) is 0 Å². The minimum atomic E-state index is -0.142. The van der Waals surface area contributed by atoms with Crippen LogP contribution in [0.25, 0.3) is 0 Å². The van der Waals surface area contributed by atoms with Crippen LogP contribution in [-0.4, -0.2) is 31.3 Å². The molecule has 1 atom stereocenters. The summed E-state index contributed by atoms with van der Waals surface area (Å²) in [6.45, 7) is 8.38. The van der Waals surface area contributed by atoms with Gasteiger partial charge in [0.15, 0.2) is 0 Å². The molecule has 0 bridgehead atoms. The minimum Gasteiger partial charge on any atom is -0.305 e. The Kier molecular flexibility index (Phi) is 6.81. The van der Waals surface area contributed by atoms with Gasteiger partial charge in [0, 0.05) is 12.0 Å². The highest BCUT2D eigenvalue weighted by Gasteiger charge is 2.23. The van der Waals surface area contributed by atoms with Crippen molar-refractivity contribution in [3.63, 3.8) is 0 Å². The highest BCUT2D eigenvalue weighted by Crippen LogP contribution is 2.21. The molecule has 0 aromatic carbocycles. The topological polar surface area (TPSA) is 20.3 Å². The van der Waals surface area contributed by atoms with E-state index in [1.165, 1.54) is 12.8 Å². The Morgan fingerprint density at radius 1 is 1.29 bits per heavy atom. The van der Waals surface area contributed by atoms with Gasteiger partial charge >= 0.3 is 0 Å². The lowest BCUT2D eigenvalue weighted by Gasteiger charge is -2.28. The van der Waals surface area contributed by atoms with Crippen molar-refractivity contribution < 1.29 is 4.79 Å². The molecule has 0 aromatic heterocycles. The molecule has 0 aliphatic carbocycles. The molecule has 14 heavy (non-hydrogen) atoms. The number of unbranched alkanes of at least 4 members (excludes halogenated alkanes) is 1. The number of carbonyl (C=O) groups excluding carboxylic acids is 1. The molecule has 0 aliphatic rings. The number of rotatable bonds is 8. The molecule has 2 heteroatoms. The predicted molar refractivity (Wildman–Crippen MR) is 61.5 cm³/mol. The quantitative estimate of drug-likeness (QED) is 0.560. The van der Waals surface area contributed by atoms with E-state index in [1.807, 2.05) is 0 Å². The van der Waals surface area contributed by atoms with Crippen molar-refractivity contribution >= 4 is 6.29 Å². The second kappa shape index (κ2) is 6.99. The molecule has 0 saturated carbocycles. The third kappa shape index (κ3) is 5.38. The molecule has 0 spiro atoms. The molecule has 0 aliphatic heterocycles. The largest absolute Gasteiger partial charge is 0.305 e. The van der Waals surface area contributed by atoms with Crippen LogP contribution in [0.2, 0.25) is 0 Å². The molecular formula is C12H25NO. The maximum Gasteiger partial charge on any atom is 0.127 e. The summed E-state index contributed by atoms with van der Waals surface area (Å²) in [6, 6.07) is 0. The Hall–Kier alpha value is -0.370. The maximum absolute atomic E-state index is 11.0. The van der Waals surface area contributed by atoms with E-state index in [9.17, 15) is 4.79 Å². The highest BCUT2D eigenvalue weighted by molar-refractivity contribution is 5.58. The molecule has 0 fully saturated rings. The molecule has 0 N–H and O–H groups in total. The van der Waals surface area contributed by atoms with Crippen LogP contribution in [0.1, 0.15) is 46.5 Å². The van der Waals surface area contributed by atoms with E-state index in [-0.39, 0.29) is 5.41 Å². The van der Waals surface area contributed by atoms with Crippen molar-refractivity contribution in [1.82, 2.24) is 4.90 Å². The Morgan fingerprint density at radius 3 is 2.36 bits per heavy atom. The van der Waals surface area contributed by atoms with Crippen molar-refractivity contribution in [3.8, 4) is 0 Å². The standard InChI is InChI=1S/C12H25NO/c1-5-7-9-13(4)10-12(3,11-14)8-6-2/h11H,5-10H2,1-4H3. The molecule has 0 amide bonds. The minimum absolute atomic E-state index is 0.142. The van der Waals surface area contributed by atoms with Gasteiger partial charge in [-0.05, 0) is 26.4 Å². The lowest BCUT2D eigenvalue weighted by molar-refractivity contribution is -0.116. The van der Waals surface area contributed by atoms with Crippen molar-refractivity contribution in [1.29, 1.82) is 0 Å². The van der Waals surface area contributed by atoms with Gasteiger partial charge in [0.25, 0.3) is 0 Å². The lowest BCUT2D eigenvalue weighted by atomic mass is 9.87. The fourth-order valence-corrected chi connectivity index (χ4v) is 1.87. The average Bonchev–Trinajstić information content (AvgIpc) is 2.15. The van der Waals surface area contributed by atoms with Crippen molar-refractivity contribution in [2.24, 2.45) is 5.41 Å². The summed E-state index contributed by atoms with van der Waals surface area (Å²) in [4.78, 5) is 13.3. The summed E-state index contributed by atoms with van der Waals surface area (Å²) >= 11 is 0. The normalized spacial score (nSPS) is 15.5. The number of carbonyl (C=O) groups is 1. The van der Waals surface area contributed by atoms with Crippen molar-refractivity contribution in [2.45, 2.75) is 46.5 Å². The van der Waals surface area contributed by atoms with Gasteiger partial charge in [-0.25, -0.2) is 0 Å². The summed E-state index contributed by atoms with van der Waals surface area (Å²) in [5.74, 6) is 0. The zero-order valence-electron chi connectivity index (χ0n) is 10.2. The number of hydrogen-bond acceptors (Lipinski definition) is 2. The first-order chi connectivity index (χ1) is 6.58. The molecule has 84 valence electrons. The van der Waals surface area contributed by atoms with Crippen molar-refractivity contribution in [2.75, 3.05) is 20.1 Å². The van der Waals surface area contributed by atoms with Gasteiger partial charge in [0.05, 0.1) is 0 Å². The third-order valence-corrected chi connectivity index (χ3v) is 2.63. The molecule has 0 heterocycles. The van der Waals surface area contributed by atoms with E-state index >= 15 is 0 Å². The first-order valence-electron chi connectivity index (χ1n) is 5.73. The van der Waals surface area contributed by atoms with Crippen LogP contribution in [0, 0.1) is 5.41 Å². The average molecular weight is 199 g/mol. The van der Waals surface area contributed by atoms with Crippen LogP contribution in [0.5, 0.6) is 0 Å². The molecule has 2 nitrogen and oxygen atoms in total. The summed E-state index contributed by atoms with van der Waals surface area (Å²) in [6.07, 6.45) is 5.64. The number of hydrogen-bond donors (Lipinski definition) is 0. The van der Waals surface area contributed by atoms with Crippen LogP contribution in [-0.2, 0) is 4.79 Å². The van der Waals surface area contributed by atoms with Crippen LogP contribution in [0.15, 0.2) is 0 Å².